The summed E-state index contributed by atoms with van der Waals surface area (Å²) in [6.45, 7) is 1.42. The lowest BCUT2D eigenvalue weighted by Crippen LogP contribution is -2.38. The Labute approximate surface area is 211 Å². The van der Waals surface area contributed by atoms with E-state index < -0.39 is 0 Å². The van der Waals surface area contributed by atoms with Crippen molar-refractivity contribution < 1.29 is 4.74 Å². The van der Waals surface area contributed by atoms with Crippen molar-refractivity contribution in [1.29, 1.82) is 5.26 Å². The number of aryl methyl sites for hydroxylation is 1. The summed E-state index contributed by atoms with van der Waals surface area (Å²) >= 11 is 0. The molecule has 0 aliphatic heterocycles. The Balaban J connectivity index is 0.00000385. The lowest BCUT2D eigenvalue weighted by Gasteiger charge is -2.13. The Morgan fingerprint density at radius 3 is 2.48 bits per heavy atom. The number of nitriles is 1. The van der Waals surface area contributed by atoms with E-state index in [1.54, 1.807) is 18.8 Å². The van der Waals surface area contributed by atoms with Gasteiger partial charge in [-0.2, -0.15) is 10.4 Å². The number of nitrogens with two attached hydrogens (primary N) is 1. The molecule has 0 atom stereocenters. The van der Waals surface area contributed by atoms with Crippen LogP contribution in [0.15, 0.2) is 59.6 Å². The predicted molar refractivity (Wildman–Crippen MR) is 142 cm³/mol. The third-order valence-corrected chi connectivity index (χ3v) is 5.09. The zero-order chi connectivity index (χ0) is 22.8. The Kier molecular flexibility index (Phi) is 10.5. The molecule has 0 saturated carbocycles. The van der Waals surface area contributed by atoms with E-state index in [1.807, 2.05) is 48.5 Å². The van der Waals surface area contributed by atoms with Crippen LogP contribution in [0.25, 0.3) is 5.69 Å². The second-order valence-corrected chi connectivity index (χ2v) is 7.16. The normalized spacial score (nSPS) is 10.8. The van der Waals surface area contributed by atoms with Gasteiger partial charge in [0.15, 0.2) is 5.96 Å². The van der Waals surface area contributed by atoms with Crippen LogP contribution in [-0.4, -0.2) is 43.0 Å². The minimum atomic E-state index is 0. The molecule has 0 unspecified atom stereocenters. The molecule has 1 heterocycles. The van der Waals surface area contributed by atoms with Crippen molar-refractivity contribution in [3.63, 3.8) is 0 Å². The topological polar surface area (TPSA) is 113 Å². The van der Waals surface area contributed by atoms with Crippen LogP contribution in [0.1, 0.15) is 23.2 Å². The van der Waals surface area contributed by atoms with Gasteiger partial charge in [0.1, 0.15) is 23.2 Å². The molecular weight excluding hydrogens is 529 g/mol. The number of para-hydroxylation sites is 2. The number of nitrogen functional groups attached to an aromatic ring is 1. The predicted octanol–water partition coefficient (Wildman–Crippen LogP) is 3.29. The van der Waals surface area contributed by atoms with Crippen LogP contribution in [0.2, 0.25) is 0 Å². The number of benzene rings is 2. The molecule has 33 heavy (non-hydrogen) atoms. The van der Waals surface area contributed by atoms with Crippen molar-refractivity contribution in [1.82, 2.24) is 20.4 Å². The largest absolute Gasteiger partial charge is 0.496 e. The summed E-state index contributed by atoms with van der Waals surface area (Å²) in [6, 6.07) is 19.8. The number of hydrogen-bond acceptors (Lipinski definition) is 5. The maximum atomic E-state index is 9.53. The zero-order valence-corrected chi connectivity index (χ0v) is 21.2. The fourth-order valence-electron chi connectivity index (χ4n) is 3.45. The molecule has 1 aromatic heterocycles. The van der Waals surface area contributed by atoms with Crippen LogP contribution in [0.4, 0.5) is 5.82 Å². The number of hydrogen-bond donors (Lipinski definition) is 3. The van der Waals surface area contributed by atoms with Gasteiger partial charge in [0, 0.05) is 20.1 Å². The van der Waals surface area contributed by atoms with Crippen LogP contribution in [-0.2, 0) is 12.8 Å². The monoisotopic (exact) mass is 559 g/mol. The fourth-order valence-corrected chi connectivity index (χ4v) is 3.45. The van der Waals surface area contributed by atoms with Gasteiger partial charge >= 0.3 is 0 Å². The average molecular weight is 559 g/mol. The first-order chi connectivity index (χ1) is 15.7. The fraction of sp³-hybridized carbons (Fsp3) is 0.292. The number of nitrogens with zero attached hydrogens (tertiary/aromatic N) is 4. The van der Waals surface area contributed by atoms with Gasteiger partial charge in [0.25, 0.3) is 0 Å². The first-order valence-corrected chi connectivity index (χ1v) is 10.6. The molecule has 3 aromatic rings. The Bertz CT molecular complexity index is 1090. The minimum absolute atomic E-state index is 0. The highest BCUT2D eigenvalue weighted by atomic mass is 127. The van der Waals surface area contributed by atoms with E-state index in [2.05, 4.69) is 32.9 Å². The van der Waals surface area contributed by atoms with Crippen molar-refractivity contribution in [3.05, 3.63) is 71.4 Å². The molecule has 0 saturated heterocycles. The third-order valence-electron chi connectivity index (χ3n) is 5.09. The first kappa shape index (κ1) is 26.0. The Morgan fingerprint density at radius 1 is 1.09 bits per heavy atom. The van der Waals surface area contributed by atoms with Crippen molar-refractivity contribution in [2.75, 3.05) is 33.0 Å². The quantitative estimate of drug-likeness (QED) is 0.161. The number of guanidine groups is 1. The van der Waals surface area contributed by atoms with Gasteiger partial charge in [-0.25, -0.2) is 4.68 Å². The van der Waals surface area contributed by atoms with E-state index in [4.69, 9.17) is 10.5 Å². The number of aliphatic imine (C=N–C) groups is 1. The average Bonchev–Trinajstić information content (AvgIpc) is 3.16. The second-order valence-electron chi connectivity index (χ2n) is 7.16. The van der Waals surface area contributed by atoms with Crippen LogP contribution < -0.4 is 21.1 Å². The van der Waals surface area contributed by atoms with Gasteiger partial charge in [-0.1, -0.05) is 36.4 Å². The molecule has 4 N–H and O–H groups in total. The molecule has 174 valence electrons. The number of ether oxygens (including phenoxy) is 1. The maximum absolute atomic E-state index is 9.53. The van der Waals surface area contributed by atoms with Gasteiger partial charge < -0.3 is 21.1 Å². The summed E-state index contributed by atoms with van der Waals surface area (Å²) in [6.07, 6.45) is 2.25. The Hall–Kier alpha value is -3.26. The van der Waals surface area contributed by atoms with Crippen molar-refractivity contribution >= 4 is 35.8 Å². The van der Waals surface area contributed by atoms with E-state index in [1.165, 1.54) is 0 Å². The van der Waals surface area contributed by atoms with Crippen molar-refractivity contribution in [3.8, 4) is 17.5 Å². The smallest absolute Gasteiger partial charge is 0.190 e. The molecule has 2 aromatic carbocycles. The highest BCUT2D eigenvalue weighted by Crippen LogP contribution is 2.21. The van der Waals surface area contributed by atoms with Crippen LogP contribution in [0.3, 0.4) is 0 Å². The van der Waals surface area contributed by atoms with E-state index in [9.17, 15) is 5.26 Å². The van der Waals surface area contributed by atoms with Crippen molar-refractivity contribution in [2.24, 2.45) is 4.99 Å². The van der Waals surface area contributed by atoms with Gasteiger partial charge in [-0.05, 0) is 43.0 Å². The number of methoxy groups -OCH3 is 1. The number of rotatable bonds is 9. The van der Waals surface area contributed by atoms with E-state index in [0.29, 0.717) is 30.0 Å². The molecule has 0 aliphatic carbocycles. The molecule has 0 radical (unpaired) electrons. The van der Waals surface area contributed by atoms with Gasteiger partial charge in [0.2, 0.25) is 0 Å². The lowest BCUT2D eigenvalue weighted by molar-refractivity contribution is 0.409. The van der Waals surface area contributed by atoms with Gasteiger partial charge in [-0.15, -0.1) is 24.0 Å². The Morgan fingerprint density at radius 2 is 1.79 bits per heavy atom. The number of nitrogens with one attached hydrogen (secondary N) is 2. The molecule has 9 heteroatoms. The molecule has 0 fully saturated rings. The van der Waals surface area contributed by atoms with Gasteiger partial charge in [-0.3, -0.25) is 4.99 Å². The molecule has 0 amide bonds. The van der Waals surface area contributed by atoms with Crippen LogP contribution in [0.5, 0.6) is 5.75 Å². The highest BCUT2D eigenvalue weighted by molar-refractivity contribution is 14.0. The molecular formula is C24H30IN7O. The minimum Gasteiger partial charge on any atom is -0.496 e. The molecule has 3 rings (SSSR count). The SMILES string of the molecule is CN=C(NCCCc1nn(-c2ccccc2)c(N)c1C#N)NCCc1ccccc1OC.I. The third kappa shape index (κ3) is 6.86. The standard InChI is InChI=1S/C24H29N7O.HI/c1-27-24(29-16-14-18-9-6-7-13-22(18)32-2)28-15-8-12-21-20(17-25)23(26)31(30-21)19-10-4-3-5-11-19;/h3-7,9-11,13H,8,12,14-16,26H2,1-2H3,(H2,27,28,29);1H. The second kappa shape index (κ2) is 13.3. The summed E-state index contributed by atoms with van der Waals surface area (Å²) in [4.78, 5) is 4.27. The zero-order valence-electron chi connectivity index (χ0n) is 18.9. The molecule has 0 aliphatic rings. The number of anilines is 1. The number of halogens is 1. The molecule has 0 spiro atoms. The van der Waals surface area contributed by atoms with E-state index >= 15 is 0 Å². The van der Waals surface area contributed by atoms with E-state index in [0.717, 1.165) is 42.3 Å². The maximum Gasteiger partial charge on any atom is 0.190 e. The summed E-state index contributed by atoms with van der Waals surface area (Å²) in [5.41, 5.74) is 9.30. The van der Waals surface area contributed by atoms with Crippen molar-refractivity contribution in [2.45, 2.75) is 19.3 Å². The first-order valence-electron chi connectivity index (χ1n) is 10.6. The van der Waals surface area contributed by atoms with E-state index in [-0.39, 0.29) is 24.0 Å². The number of aromatic nitrogens is 2. The lowest BCUT2D eigenvalue weighted by atomic mass is 10.1. The summed E-state index contributed by atoms with van der Waals surface area (Å²) in [5.74, 6) is 1.99. The summed E-state index contributed by atoms with van der Waals surface area (Å²) in [7, 11) is 3.43. The summed E-state index contributed by atoms with van der Waals surface area (Å²) in [5, 5.41) is 20.7. The summed E-state index contributed by atoms with van der Waals surface area (Å²) < 4.78 is 7.02. The van der Waals surface area contributed by atoms with Crippen LogP contribution in [0, 0.1) is 11.3 Å². The highest BCUT2D eigenvalue weighted by Gasteiger charge is 2.16. The molecule has 8 nitrogen and oxygen atoms in total. The van der Waals surface area contributed by atoms with Crippen LogP contribution >= 0.6 is 24.0 Å². The van der Waals surface area contributed by atoms with Gasteiger partial charge in [0.05, 0.1) is 18.5 Å². The molecule has 0 bridgehead atoms.